The fraction of sp³-hybridized carbons (Fsp3) is 0.235. The van der Waals surface area contributed by atoms with Gasteiger partial charge in [0.2, 0.25) is 0 Å². The third-order valence-corrected chi connectivity index (χ3v) is 3.70. The fourth-order valence-corrected chi connectivity index (χ4v) is 2.32. The minimum absolute atomic E-state index is 0.0900. The number of rotatable bonds is 3. The number of hydrogen-bond donors (Lipinski definition) is 2. The molecule has 2 aromatic rings. The third-order valence-electron chi connectivity index (χ3n) is 3.47. The molecule has 2 aromatic carbocycles. The average molecular weight is 358 g/mol. The van der Waals surface area contributed by atoms with E-state index in [0.717, 1.165) is 6.07 Å². The summed E-state index contributed by atoms with van der Waals surface area (Å²) in [7, 11) is 0. The molecule has 0 aliphatic rings. The van der Waals surface area contributed by atoms with Crippen molar-refractivity contribution in [3.8, 4) is 5.75 Å². The molecule has 7 heteroatoms. The van der Waals surface area contributed by atoms with E-state index in [4.69, 9.17) is 11.6 Å². The Morgan fingerprint density at radius 1 is 1.17 bits per heavy atom. The van der Waals surface area contributed by atoms with Crippen molar-refractivity contribution in [1.29, 1.82) is 0 Å². The summed E-state index contributed by atoms with van der Waals surface area (Å²) in [5.41, 5.74) is -1.02. The van der Waals surface area contributed by atoms with Gasteiger partial charge in [-0.3, -0.25) is 4.79 Å². The Labute approximate surface area is 142 Å². The molecule has 0 aliphatic carbocycles. The van der Waals surface area contributed by atoms with E-state index < -0.39 is 17.6 Å². The van der Waals surface area contributed by atoms with Gasteiger partial charge in [0.05, 0.1) is 16.8 Å². The molecule has 0 bridgehead atoms. The van der Waals surface area contributed by atoms with E-state index in [9.17, 15) is 23.1 Å². The van der Waals surface area contributed by atoms with Crippen LogP contribution in [0.15, 0.2) is 36.4 Å². The number of phenolic OH excluding ortho intramolecular Hbond substituents is 1. The number of carbonyl (C=O) groups is 1. The summed E-state index contributed by atoms with van der Waals surface area (Å²) < 4.78 is 39.8. The van der Waals surface area contributed by atoms with E-state index in [1.807, 2.05) is 0 Å². The molecule has 0 atom stereocenters. The first-order valence-corrected chi connectivity index (χ1v) is 7.48. The van der Waals surface area contributed by atoms with Crippen molar-refractivity contribution in [1.82, 2.24) is 0 Å². The van der Waals surface area contributed by atoms with Crippen LogP contribution >= 0.6 is 11.6 Å². The number of aromatic hydroxyl groups is 1. The minimum atomic E-state index is -4.62. The van der Waals surface area contributed by atoms with Gasteiger partial charge in [0.25, 0.3) is 5.91 Å². The van der Waals surface area contributed by atoms with Crippen LogP contribution in [-0.4, -0.2) is 11.0 Å². The molecular formula is C17H15ClF3NO2. The van der Waals surface area contributed by atoms with Crippen LogP contribution in [0.4, 0.5) is 18.9 Å². The van der Waals surface area contributed by atoms with Gasteiger partial charge in [-0.05, 0) is 41.8 Å². The molecule has 2 N–H and O–H groups in total. The zero-order chi connectivity index (χ0) is 18.1. The quantitative estimate of drug-likeness (QED) is 0.768. The molecule has 0 aromatic heterocycles. The second-order valence-corrected chi connectivity index (χ2v) is 6.01. The van der Waals surface area contributed by atoms with Crippen molar-refractivity contribution >= 4 is 23.2 Å². The highest BCUT2D eigenvalue weighted by atomic mass is 35.5. The monoisotopic (exact) mass is 357 g/mol. The first-order valence-electron chi connectivity index (χ1n) is 7.10. The van der Waals surface area contributed by atoms with Gasteiger partial charge >= 0.3 is 6.18 Å². The highest BCUT2D eigenvalue weighted by molar-refractivity contribution is 6.31. The number of benzene rings is 2. The number of anilines is 1. The molecule has 0 spiro atoms. The average Bonchev–Trinajstić information content (AvgIpc) is 2.48. The van der Waals surface area contributed by atoms with Gasteiger partial charge in [-0.2, -0.15) is 13.2 Å². The zero-order valence-corrected chi connectivity index (χ0v) is 13.7. The molecule has 0 radical (unpaired) electrons. The van der Waals surface area contributed by atoms with Crippen LogP contribution in [0.25, 0.3) is 0 Å². The minimum Gasteiger partial charge on any atom is -0.507 e. The first kappa shape index (κ1) is 18.1. The van der Waals surface area contributed by atoms with Crippen LogP contribution in [0.2, 0.25) is 5.02 Å². The number of hydrogen-bond acceptors (Lipinski definition) is 2. The van der Waals surface area contributed by atoms with Crippen LogP contribution in [-0.2, 0) is 6.18 Å². The van der Waals surface area contributed by atoms with Crippen molar-refractivity contribution in [2.45, 2.75) is 25.9 Å². The molecule has 3 nitrogen and oxygen atoms in total. The zero-order valence-electron chi connectivity index (χ0n) is 12.9. The lowest BCUT2D eigenvalue weighted by molar-refractivity contribution is -0.137. The SMILES string of the molecule is CC(C)c1ccc(NC(=O)c2cc(Cl)ccc2O)c(C(F)(F)F)c1. The molecule has 128 valence electrons. The summed E-state index contributed by atoms with van der Waals surface area (Å²) in [5.74, 6) is -1.34. The molecule has 0 saturated heterocycles. The number of amides is 1. The normalized spacial score (nSPS) is 11.6. The Balaban J connectivity index is 2.42. The van der Waals surface area contributed by atoms with Gasteiger partial charge in [0.1, 0.15) is 5.75 Å². The van der Waals surface area contributed by atoms with Crippen LogP contribution in [0, 0.1) is 0 Å². The summed E-state index contributed by atoms with van der Waals surface area (Å²) in [6.45, 7) is 3.55. The predicted octanol–water partition coefficient (Wildman–Crippen LogP) is 5.44. The Morgan fingerprint density at radius 2 is 1.83 bits per heavy atom. The Kier molecular flexibility index (Phi) is 5.08. The van der Waals surface area contributed by atoms with E-state index in [2.05, 4.69) is 5.32 Å². The maximum Gasteiger partial charge on any atom is 0.418 e. The molecule has 1 amide bonds. The Hall–Kier alpha value is -2.21. The molecule has 2 rings (SSSR count). The van der Waals surface area contributed by atoms with Gasteiger partial charge in [0.15, 0.2) is 0 Å². The number of nitrogens with one attached hydrogen (secondary N) is 1. The van der Waals surface area contributed by atoms with Crippen LogP contribution in [0.5, 0.6) is 5.75 Å². The molecule has 0 unspecified atom stereocenters. The second kappa shape index (κ2) is 6.73. The van der Waals surface area contributed by atoms with Crippen molar-refractivity contribution in [3.05, 3.63) is 58.1 Å². The summed E-state index contributed by atoms with van der Waals surface area (Å²) in [5, 5.41) is 12.1. The summed E-state index contributed by atoms with van der Waals surface area (Å²) >= 11 is 5.75. The van der Waals surface area contributed by atoms with Crippen molar-refractivity contribution < 1.29 is 23.1 Å². The Bertz CT molecular complexity index is 773. The standard InChI is InChI=1S/C17H15ClF3NO2/c1-9(2)10-3-5-14(13(7-10)17(19,20)21)22-16(24)12-8-11(18)4-6-15(12)23/h3-9,23H,1-2H3,(H,22,24). The maximum atomic E-state index is 13.3. The molecular weight excluding hydrogens is 343 g/mol. The molecule has 0 aliphatic heterocycles. The van der Waals surface area contributed by atoms with Gasteiger partial charge in [0, 0.05) is 5.02 Å². The Morgan fingerprint density at radius 3 is 2.42 bits per heavy atom. The van der Waals surface area contributed by atoms with Gasteiger partial charge in [-0.15, -0.1) is 0 Å². The summed E-state index contributed by atoms with van der Waals surface area (Å²) in [6.07, 6.45) is -4.62. The third kappa shape index (κ3) is 4.00. The number of halogens is 4. The smallest absolute Gasteiger partial charge is 0.418 e. The largest absolute Gasteiger partial charge is 0.507 e. The molecule has 24 heavy (non-hydrogen) atoms. The fourth-order valence-electron chi connectivity index (χ4n) is 2.14. The van der Waals surface area contributed by atoms with Crippen LogP contribution < -0.4 is 5.32 Å². The van der Waals surface area contributed by atoms with Crippen LogP contribution in [0.3, 0.4) is 0 Å². The van der Waals surface area contributed by atoms with Crippen molar-refractivity contribution in [2.75, 3.05) is 5.32 Å². The van der Waals surface area contributed by atoms with Crippen molar-refractivity contribution in [3.63, 3.8) is 0 Å². The second-order valence-electron chi connectivity index (χ2n) is 5.57. The van der Waals surface area contributed by atoms with Gasteiger partial charge in [-0.1, -0.05) is 31.5 Å². The first-order chi connectivity index (χ1) is 11.1. The topological polar surface area (TPSA) is 49.3 Å². The number of carbonyl (C=O) groups excluding carboxylic acids is 1. The van der Waals surface area contributed by atoms with Gasteiger partial charge in [-0.25, -0.2) is 0 Å². The number of alkyl halides is 3. The van der Waals surface area contributed by atoms with E-state index >= 15 is 0 Å². The lowest BCUT2D eigenvalue weighted by Crippen LogP contribution is -2.17. The van der Waals surface area contributed by atoms with E-state index in [0.29, 0.717) is 5.56 Å². The summed E-state index contributed by atoms with van der Waals surface area (Å²) in [4.78, 5) is 12.2. The lowest BCUT2D eigenvalue weighted by atomic mass is 9.99. The highest BCUT2D eigenvalue weighted by Crippen LogP contribution is 2.37. The lowest BCUT2D eigenvalue weighted by Gasteiger charge is -2.17. The molecule has 0 heterocycles. The summed E-state index contributed by atoms with van der Waals surface area (Å²) in [6, 6.07) is 7.49. The predicted molar refractivity (Wildman–Crippen MR) is 86.6 cm³/mol. The number of phenols is 1. The van der Waals surface area contributed by atoms with E-state index in [-0.39, 0.29) is 27.9 Å². The highest BCUT2D eigenvalue weighted by Gasteiger charge is 2.34. The maximum absolute atomic E-state index is 13.3. The molecule has 0 fully saturated rings. The van der Waals surface area contributed by atoms with Crippen molar-refractivity contribution in [2.24, 2.45) is 0 Å². The van der Waals surface area contributed by atoms with Gasteiger partial charge < -0.3 is 10.4 Å². The van der Waals surface area contributed by atoms with E-state index in [1.54, 1.807) is 13.8 Å². The van der Waals surface area contributed by atoms with Crippen LogP contribution in [0.1, 0.15) is 41.3 Å². The molecule has 0 saturated carbocycles. The van der Waals surface area contributed by atoms with E-state index in [1.165, 1.54) is 30.3 Å².